The third kappa shape index (κ3) is 1.15. The van der Waals surface area contributed by atoms with Gasteiger partial charge in [-0.05, 0) is 31.9 Å². The average Bonchev–Trinajstić information content (AvgIpc) is 2.10. The van der Waals surface area contributed by atoms with Gasteiger partial charge in [0.15, 0.2) is 0 Å². The lowest BCUT2D eigenvalue weighted by Crippen LogP contribution is -1.75. The molecule has 0 bridgehead atoms. The summed E-state index contributed by atoms with van der Waals surface area (Å²) in [5.74, 6) is 2.08. The van der Waals surface area contributed by atoms with Gasteiger partial charge in [0.25, 0.3) is 0 Å². The van der Waals surface area contributed by atoms with Crippen molar-refractivity contribution in [3.05, 3.63) is 23.2 Å². The van der Waals surface area contributed by atoms with Crippen LogP contribution in [0.5, 0.6) is 0 Å². The van der Waals surface area contributed by atoms with Crippen molar-refractivity contribution in [2.45, 2.75) is 27.2 Å². The van der Waals surface area contributed by atoms with Gasteiger partial charge in [0.2, 0.25) is 0 Å². The molecular formula is C8H12O. The molecule has 1 aromatic rings. The molecule has 0 N–H and O–H groups in total. The van der Waals surface area contributed by atoms with Crippen LogP contribution in [0, 0.1) is 13.8 Å². The first-order valence-electron chi connectivity index (χ1n) is 3.30. The van der Waals surface area contributed by atoms with Crippen molar-refractivity contribution in [3.63, 3.8) is 0 Å². The molecule has 1 heterocycles. The summed E-state index contributed by atoms with van der Waals surface area (Å²) in [4.78, 5) is 0. The monoisotopic (exact) mass is 124 g/mol. The van der Waals surface area contributed by atoms with Gasteiger partial charge in [-0.25, -0.2) is 0 Å². The van der Waals surface area contributed by atoms with Gasteiger partial charge < -0.3 is 4.42 Å². The molecule has 1 aromatic heterocycles. The molecular weight excluding hydrogens is 112 g/mol. The molecule has 1 heteroatoms. The van der Waals surface area contributed by atoms with Crippen LogP contribution in [0.4, 0.5) is 0 Å². The van der Waals surface area contributed by atoms with E-state index in [1.807, 2.05) is 13.8 Å². The van der Waals surface area contributed by atoms with Crippen LogP contribution in [-0.4, -0.2) is 0 Å². The van der Waals surface area contributed by atoms with E-state index < -0.39 is 0 Å². The summed E-state index contributed by atoms with van der Waals surface area (Å²) in [5, 5.41) is 0. The number of aryl methyl sites for hydroxylation is 3. The van der Waals surface area contributed by atoms with Crippen molar-refractivity contribution in [1.29, 1.82) is 0 Å². The average molecular weight is 124 g/mol. The Morgan fingerprint density at radius 1 is 1.44 bits per heavy atom. The van der Waals surface area contributed by atoms with E-state index in [4.69, 9.17) is 4.42 Å². The zero-order valence-corrected chi connectivity index (χ0v) is 6.19. The molecule has 0 aliphatic heterocycles. The summed E-state index contributed by atoms with van der Waals surface area (Å²) < 4.78 is 5.31. The Balaban J connectivity index is 3.01. The zero-order chi connectivity index (χ0) is 6.85. The van der Waals surface area contributed by atoms with Gasteiger partial charge in [-0.1, -0.05) is 6.92 Å². The molecule has 0 saturated carbocycles. The molecule has 0 aliphatic carbocycles. The summed E-state index contributed by atoms with van der Waals surface area (Å²) in [6.07, 6.45) is 1.07. The molecule has 9 heavy (non-hydrogen) atoms. The lowest BCUT2D eigenvalue weighted by molar-refractivity contribution is 0.501. The van der Waals surface area contributed by atoms with Crippen LogP contribution in [0.15, 0.2) is 10.5 Å². The maximum atomic E-state index is 5.31. The molecule has 0 unspecified atom stereocenters. The Morgan fingerprint density at radius 2 is 2.11 bits per heavy atom. The minimum absolute atomic E-state index is 1.02. The second-order valence-corrected chi connectivity index (χ2v) is 2.29. The molecule has 0 saturated heterocycles. The van der Waals surface area contributed by atoms with Crippen LogP contribution in [0.3, 0.4) is 0 Å². The Hall–Kier alpha value is -0.720. The first kappa shape index (κ1) is 6.40. The zero-order valence-electron chi connectivity index (χ0n) is 6.19. The highest BCUT2D eigenvalue weighted by Gasteiger charge is 1.99. The summed E-state index contributed by atoms with van der Waals surface area (Å²) in [7, 11) is 0. The van der Waals surface area contributed by atoms with E-state index in [0.29, 0.717) is 0 Å². The fraction of sp³-hybridized carbons (Fsp3) is 0.500. The number of hydrogen-bond acceptors (Lipinski definition) is 1. The van der Waals surface area contributed by atoms with Crippen LogP contribution in [0.25, 0.3) is 0 Å². The molecule has 50 valence electrons. The summed E-state index contributed by atoms with van der Waals surface area (Å²) >= 11 is 0. The van der Waals surface area contributed by atoms with Crippen molar-refractivity contribution >= 4 is 0 Å². The smallest absolute Gasteiger partial charge is 0.104 e. The standard InChI is InChI=1S/C8H12O/c1-4-8-5-6(2)9-7(8)3/h5H,4H2,1-3H3. The largest absolute Gasteiger partial charge is 0.466 e. The molecule has 0 spiro atoms. The van der Waals surface area contributed by atoms with Crippen molar-refractivity contribution < 1.29 is 4.42 Å². The van der Waals surface area contributed by atoms with Crippen molar-refractivity contribution in [2.75, 3.05) is 0 Å². The maximum Gasteiger partial charge on any atom is 0.104 e. The minimum atomic E-state index is 1.02. The first-order chi connectivity index (χ1) is 4.24. The third-order valence-corrected chi connectivity index (χ3v) is 1.52. The third-order valence-electron chi connectivity index (χ3n) is 1.52. The predicted molar refractivity (Wildman–Crippen MR) is 37.6 cm³/mol. The predicted octanol–water partition coefficient (Wildman–Crippen LogP) is 2.46. The lowest BCUT2D eigenvalue weighted by atomic mass is 10.2. The highest BCUT2D eigenvalue weighted by atomic mass is 16.3. The van der Waals surface area contributed by atoms with Crippen molar-refractivity contribution in [1.82, 2.24) is 0 Å². The Kier molecular flexibility index (Phi) is 1.60. The van der Waals surface area contributed by atoms with Crippen molar-refractivity contribution in [3.8, 4) is 0 Å². The summed E-state index contributed by atoms with van der Waals surface area (Å²) in [6, 6.07) is 2.09. The SMILES string of the molecule is CCc1cc(C)oc1C. The second kappa shape index (κ2) is 2.26. The number of hydrogen-bond donors (Lipinski definition) is 0. The quantitative estimate of drug-likeness (QED) is 0.560. The van der Waals surface area contributed by atoms with E-state index in [1.165, 1.54) is 5.56 Å². The Bertz CT molecular complexity index is 198. The lowest BCUT2D eigenvalue weighted by Gasteiger charge is -1.86. The summed E-state index contributed by atoms with van der Waals surface area (Å²) in [5.41, 5.74) is 1.33. The molecule has 0 fully saturated rings. The Labute approximate surface area is 55.7 Å². The van der Waals surface area contributed by atoms with Crippen LogP contribution in [-0.2, 0) is 6.42 Å². The highest BCUT2D eigenvalue weighted by molar-refractivity contribution is 5.19. The fourth-order valence-corrected chi connectivity index (χ4v) is 1.03. The molecule has 0 radical (unpaired) electrons. The number of rotatable bonds is 1. The van der Waals surface area contributed by atoms with Gasteiger partial charge in [-0.3, -0.25) is 0 Å². The van der Waals surface area contributed by atoms with E-state index in [0.717, 1.165) is 17.9 Å². The fourth-order valence-electron chi connectivity index (χ4n) is 1.03. The maximum absolute atomic E-state index is 5.31. The van der Waals surface area contributed by atoms with Crippen LogP contribution >= 0.6 is 0 Å². The van der Waals surface area contributed by atoms with Gasteiger partial charge in [0.1, 0.15) is 11.5 Å². The second-order valence-electron chi connectivity index (χ2n) is 2.29. The van der Waals surface area contributed by atoms with Crippen LogP contribution in [0.2, 0.25) is 0 Å². The van der Waals surface area contributed by atoms with E-state index in [9.17, 15) is 0 Å². The number of furan rings is 1. The van der Waals surface area contributed by atoms with Gasteiger partial charge in [-0.15, -0.1) is 0 Å². The highest BCUT2D eigenvalue weighted by Crippen LogP contribution is 2.13. The van der Waals surface area contributed by atoms with Crippen LogP contribution < -0.4 is 0 Å². The van der Waals surface area contributed by atoms with Crippen molar-refractivity contribution in [2.24, 2.45) is 0 Å². The van der Waals surface area contributed by atoms with E-state index in [2.05, 4.69) is 13.0 Å². The molecule has 0 aliphatic rings. The molecule has 0 atom stereocenters. The van der Waals surface area contributed by atoms with E-state index >= 15 is 0 Å². The van der Waals surface area contributed by atoms with Crippen LogP contribution in [0.1, 0.15) is 24.0 Å². The molecule has 1 rings (SSSR count). The van der Waals surface area contributed by atoms with Gasteiger partial charge in [0.05, 0.1) is 0 Å². The minimum Gasteiger partial charge on any atom is -0.466 e. The molecule has 0 aromatic carbocycles. The van der Waals surface area contributed by atoms with Gasteiger partial charge >= 0.3 is 0 Å². The summed E-state index contributed by atoms with van der Waals surface area (Å²) in [6.45, 7) is 6.12. The van der Waals surface area contributed by atoms with E-state index in [-0.39, 0.29) is 0 Å². The normalized spacial score (nSPS) is 10.1. The Morgan fingerprint density at radius 3 is 2.33 bits per heavy atom. The van der Waals surface area contributed by atoms with Gasteiger partial charge in [0, 0.05) is 0 Å². The topological polar surface area (TPSA) is 13.1 Å². The first-order valence-corrected chi connectivity index (χ1v) is 3.30. The van der Waals surface area contributed by atoms with Gasteiger partial charge in [-0.2, -0.15) is 0 Å². The molecule has 1 nitrogen and oxygen atoms in total. The molecule has 0 amide bonds. The van der Waals surface area contributed by atoms with E-state index in [1.54, 1.807) is 0 Å².